The van der Waals surface area contributed by atoms with Crippen LogP contribution in [0.25, 0.3) is 0 Å². The Morgan fingerprint density at radius 2 is 2.08 bits per heavy atom. The van der Waals surface area contributed by atoms with Crippen LogP contribution in [0.5, 0.6) is 0 Å². The minimum absolute atomic E-state index is 0.0268. The van der Waals surface area contributed by atoms with Crippen LogP contribution in [0, 0.1) is 5.92 Å². The van der Waals surface area contributed by atoms with Gasteiger partial charge in [0.25, 0.3) is 0 Å². The van der Waals surface area contributed by atoms with Gasteiger partial charge >= 0.3 is 6.03 Å². The van der Waals surface area contributed by atoms with Crippen molar-refractivity contribution in [2.75, 3.05) is 6.54 Å². The molecule has 0 spiro atoms. The van der Waals surface area contributed by atoms with Crippen LogP contribution < -0.4 is 5.32 Å². The smallest absolute Gasteiger partial charge is 0.318 e. The summed E-state index contributed by atoms with van der Waals surface area (Å²) in [6.07, 6.45) is 2.11. The Balaban J connectivity index is 2.12. The van der Waals surface area contributed by atoms with Gasteiger partial charge in [-0.2, -0.15) is 0 Å². The van der Waals surface area contributed by atoms with Crippen molar-refractivity contribution >= 4 is 11.9 Å². The fourth-order valence-corrected chi connectivity index (χ4v) is 1.65. The van der Waals surface area contributed by atoms with Crippen LogP contribution in [0.1, 0.15) is 26.7 Å². The summed E-state index contributed by atoms with van der Waals surface area (Å²) < 4.78 is 0. The molecule has 2 aliphatic rings. The molecule has 1 N–H and O–H groups in total. The fraction of sp³-hybridized carbons (Fsp3) is 0.778. The van der Waals surface area contributed by atoms with E-state index in [0.717, 1.165) is 12.8 Å². The summed E-state index contributed by atoms with van der Waals surface area (Å²) in [4.78, 5) is 24.4. The van der Waals surface area contributed by atoms with E-state index in [1.165, 1.54) is 0 Å². The molecule has 1 atom stereocenters. The Morgan fingerprint density at radius 1 is 1.46 bits per heavy atom. The van der Waals surface area contributed by atoms with Crippen molar-refractivity contribution in [3.63, 3.8) is 0 Å². The summed E-state index contributed by atoms with van der Waals surface area (Å²) in [5.74, 6) is -0.222. The Kier molecular flexibility index (Phi) is 1.62. The van der Waals surface area contributed by atoms with Gasteiger partial charge in [0.15, 0.2) is 0 Å². The van der Waals surface area contributed by atoms with Gasteiger partial charge in [-0.15, -0.1) is 0 Å². The minimum atomic E-state index is -0.219. The molecule has 1 aliphatic heterocycles. The van der Waals surface area contributed by atoms with Crippen LogP contribution in [0.3, 0.4) is 0 Å². The van der Waals surface area contributed by atoms with Crippen LogP contribution in [0.15, 0.2) is 0 Å². The average Bonchev–Trinajstić information content (AvgIpc) is 2.77. The monoisotopic (exact) mass is 182 g/mol. The Bertz CT molecular complexity index is 271. The van der Waals surface area contributed by atoms with Crippen molar-refractivity contribution in [1.82, 2.24) is 10.2 Å². The van der Waals surface area contributed by atoms with Crippen molar-refractivity contribution in [3.8, 4) is 0 Å². The number of nitrogens with zero attached hydrogens (tertiary/aromatic N) is 1. The van der Waals surface area contributed by atoms with E-state index in [0.29, 0.717) is 6.54 Å². The zero-order valence-corrected chi connectivity index (χ0v) is 7.96. The molecule has 1 heterocycles. The molecule has 1 saturated carbocycles. The molecule has 1 unspecified atom stereocenters. The predicted molar refractivity (Wildman–Crippen MR) is 47.0 cm³/mol. The summed E-state index contributed by atoms with van der Waals surface area (Å²) in [5, 5.41) is 2.37. The first-order valence-corrected chi connectivity index (χ1v) is 4.65. The molecular formula is C9H14N2O2. The second-order valence-corrected chi connectivity index (χ2v) is 4.30. The van der Waals surface area contributed by atoms with E-state index in [1.54, 1.807) is 4.90 Å². The van der Waals surface area contributed by atoms with Crippen LogP contribution in [-0.2, 0) is 4.79 Å². The summed E-state index contributed by atoms with van der Waals surface area (Å²) in [6.45, 7) is 4.48. The molecule has 13 heavy (non-hydrogen) atoms. The molecule has 3 amide bonds. The number of imide groups is 1. The normalized spacial score (nSPS) is 31.5. The molecule has 1 aliphatic carbocycles. The van der Waals surface area contributed by atoms with Gasteiger partial charge < -0.3 is 4.90 Å². The van der Waals surface area contributed by atoms with E-state index >= 15 is 0 Å². The fourth-order valence-electron chi connectivity index (χ4n) is 1.65. The molecule has 0 radical (unpaired) electrons. The third-order valence-corrected chi connectivity index (χ3v) is 3.00. The van der Waals surface area contributed by atoms with E-state index < -0.39 is 0 Å². The van der Waals surface area contributed by atoms with Gasteiger partial charge in [0, 0.05) is 12.1 Å². The van der Waals surface area contributed by atoms with E-state index in [1.807, 2.05) is 6.92 Å². The first-order valence-electron chi connectivity index (χ1n) is 4.65. The van der Waals surface area contributed by atoms with Crippen LogP contribution in [-0.4, -0.2) is 28.9 Å². The molecule has 1 saturated heterocycles. The second kappa shape index (κ2) is 2.47. The largest absolute Gasteiger partial charge is 0.324 e. The molecule has 2 fully saturated rings. The van der Waals surface area contributed by atoms with Crippen molar-refractivity contribution in [2.24, 2.45) is 5.92 Å². The number of nitrogens with one attached hydrogen (secondary N) is 1. The Hall–Kier alpha value is -1.06. The maximum absolute atomic E-state index is 11.4. The molecule has 4 nitrogen and oxygen atoms in total. The molecule has 0 aromatic carbocycles. The van der Waals surface area contributed by atoms with Crippen molar-refractivity contribution in [1.29, 1.82) is 0 Å². The highest BCUT2D eigenvalue weighted by molar-refractivity contribution is 5.98. The van der Waals surface area contributed by atoms with Gasteiger partial charge in [-0.3, -0.25) is 10.1 Å². The van der Waals surface area contributed by atoms with Gasteiger partial charge in [-0.25, -0.2) is 4.79 Å². The average molecular weight is 182 g/mol. The van der Waals surface area contributed by atoms with Gasteiger partial charge in [-0.1, -0.05) is 6.92 Å². The molecule has 4 heteroatoms. The third kappa shape index (κ3) is 1.30. The highest BCUT2D eigenvalue weighted by Gasteiger charge is 2.48. The molecule has 2 rings (SSSR count). The van der Waals surface area contributed by atoms with Gasteiger partial charge in [0.05, 0.1) is 5.92 Å². The standard InChI is InChI=1S/C9H14N2O2/c1-6-5-11(9(2)3-4-9)8(13)10-7(6)12/h6H,3-5H2,1-2H3,(H,10,12,13). The molecule has 0 aromatic heterocycles. The minimum Gasteiger partial charge on any atom is -0.318 e. The SMILES string of the molecule is CC1CN(C2(C)CC2)C(=O)NC1=O. The lowest BCUT2D eigenvalue weighted by Crippen LogP contribution is -2.57. The van der Waals surface area contributed by atoms with Gasteiger partial charge in [0.2, 0.25) is 5.91 Å². The zero-order valence-electron chi connectivity index (χ0n) is 7.96. The third-order valence-electron chi connectivity index (χ3n) is 3.00. The number of amides is 3. The lowest BCUT2D eigenvalue weighted by atomic mass is 10.1. The lowest BCUT2D eigenvalue weighted by molar-refractivity contribution is -0.125. The quantitative estimate of drug-likeness (QED) is 0.649. The molecular weight excluding hydrogens is 168 g/mol. The van der Waals surface area contributed by atoms with E-state index in [4.69, 9.17) is 0 Å². The summed E-state index contributed by atoms with van der Waals surface area (Å²) >= 11 is 0. The van der Waals surface area contributed by atoms with Crippen LogP contribution in [0.4, 0.5) is 4.79 Å². The van der Waals surface area contributed by atoms with Gasteiger partial charge in [0.1, 0.15) is 0 Å². The topological polar surface area (TPSA) is 49.4 Å². The molecule has 0 aromatic rings. The number of hydrogen-bond donors (Lipinski definition) is 1. The Morgan fingerprint density at radius 3 is 2.62 bits per heavy atom. The number of carbonyl (C=O) groups excluding carboxylic acids is 2. The number of hydrogen-bond acceptors (Lipinski definition) is 2. The van der Waals surface area contributed by atoms with E-state index in [9.17, 15) is 9.59 Å². The number of carbonyl (C=O) groups is 2. The van der Waals surface area contributed by atoms with Crippen molar-refractivity contribution < 1.29 is 9.59 Å². The highest BCUT2D eigenvalue weighted by atomic mass is 16.2. The highest BCUT2D eigenvalue weighted by Crippen LogP contribution is 2.42. The van der Waals surface area contributed by atoms with Crippen LogP contribution in [0.2, 0.25) is 0 Å². The maximum Gasteiger partial charge on any atom is 0.324 e. The van der Waals surface area contributed by atoms with Crippen LogP contribution >= 0.6 is 0 Å². The Labute approximate surface area is 77.3 Å². The first kappa shape index (κ1) is 8.53. The first-order chi connectivity index (χ1) is 6.03. The summed E-state index contributed by atoms with van der Waals surface area (Å²) in [6, 6.07) is -0.219. The maximum atomic E-state index is 11.4. The number of urea groups is 1. The number of rotatable bonds is 1. The summed E-state index contributed by atoms with van der Waals surface area (Å²) in [7, 11) is 0. The van der Waals surface area contributed by atoms with Crippen molar-refractivity contribution in [2.45, 2.75) is 32.2 Å². The van der Waals surface area contributed by atoms with E-state index in [-0.39, 0.29) is 23.4 Å². The zero-order chi connectivity index (χ0) is 9.64. The second-order valence-electron chi connectivity index (χ2n) is 4.30. The van der Waals surface area contributed by atoms with Gasteiger partial charge in [-0.05, 0) is 19.8 Å². The predicted octanol–water partition coefficient (Wildman–Crippen LogP) is 0.727. The lowest BCUT2D eigenvalue weighted by Gasteiger charge is -2.35. The molecule has 0 bridgehead atoms. The molecule has 72 valence electrons. The van der Waals surface area contributed by atoms with Crippen molar-refractivity contribution in [3.05, 3.63) is 0 Å². The summed E-state index contributed by atoms with van der Waals surface area (Å²) in [5.41, 5.74) is 0.0268. The van der Waals surface area contributed by atoms with E-state index in [2.05, 4.69) is 12.2 Å².